The number of hydrogen-bond donors (Lipinski definition) is 2. The van der Waals surface area contributed by atoms with Crippen molar-refractivity contribution in [2.24, 2.45) is 11.7 Å². The standard InChI is InChI=1S/C26H37N3O3S/c1-18(2)22-7-5-20(6-8-22)17-28-26(30)25-15-21(16-27)13-14-29(25)33(31,32)24-11-9-23(10-12-24)19(3)4/h5-12,18-19,21,25H,13-17,27H2,1-4H3,(H,28,30)/t21-,25-/m1/s1. The lowest BCUT2D eigenvalue weighted by molar-refractivity contribution is -0.126. The molecule has 7 heteroatoms. The van der Waals surface area contributed by atoms with E-state index in [0.29, 0.717) is 37.8 Å². The van der Waals surface area contributed by atoms with E-state index in [0.717, 1.165) is 11.1 Å². The lowest BCUT2D eigenvalue weighted by Crippen LogP contribution is -2.54. The summed E-state index contributed by atoms with van der Waals surface area (Å²) in [5, 5.41) is 2.95. The van der Waals surface area contributed by atoms with Crippen LogP contribution >= 0.6 is 0 Å². The second-order valence-corrected chi connectivity index (χ2v) is 11.5. The van der Waals surface area contributed by atoms with Crippen LogP contribution in [0.15, 0.2) is 53.4 Å². The fraction of sp³-hybridized carbons (Fsp3) is 0.500. The average Bonchev–Trinajstić information content (AvgIpc) is 2.82. The van der Waals surface area contributed by atoms with Gasteiger partial charge in [0, 0.05) is 13.1 Å². The first-order valence-corrected chi connectivity index (χ1v) is 13.3. The minimum absolute atomic E-state index is 0.126. The van der Waals surface area contributed by atoms with E-state index in [1.165, 1.54) is 9.87 Å². The highest BCUT2D eigenvalue weighted by Crippen LogP contribution is 2.29. The van der Waals surface area contributed by atoms with E-state index in [9.17, 15) is 13.2 Å². The second kappa shape index (κ2) is 10.8. The summed E-state index contributed by atoms with van der Waals surface area (Å²) in [6, 6.07) is 14.4. The number of piperidine rings is 1. The highest BCUT2D eigenvalue weighted by atomic mass is 32.2. The Labute approximate surface area is 198 Å². The Morgan fingerprint density at radius 2 is 1.55 bits per heavy atom. The molecule has 3 rings (SSSR count). The number of carbonyl (C=O) groups excluding carboxylic acids is 1. The molecule has 0 saturated carbocycles. The van der Waals surface area contributed by atoms with E-state index < -0.39 is 16.1 Å². The van der Waals surface area contributed by atoms with Gasteiger partial charge in [0.15, 0.2) is 0 Å². The summed E-state index contributed by atoms with van der Waals surface area (Å²) in [7, 11) is -3.80. The van der Waals surface area contributed by atoms with Crippen molar-refractivity contribution in [1.29, 1.82) is 0 Å². The molecule has 1 heterocycles. The van der Waals surface area contributed by atoms with Gasteiger partial charge in [0.25, 0.3) is 0 Å². The van der Waals surface area contributed by atoms with Crippen LogP contribution in [0.25, 0.3) is 0 Å². The molecular formula is C26H37N3O3S. The molecule has 2 aromatic carbocycles. The van der Waals surface area contributed by atoms with Crippen molar-refractivity contribution >= 4 is 15.9 Å². The summed E-state index contributed by atoms with van der Waals surface area (Å²) in [5.74, 6) is 0.608. The van der Waals surface area contributed by atoms with Gasteiger partial charge in [-0.15, -0.1) is 0 Å². The molecule has 33 heavy (non-hydrogen) atoms. The molecular weight excluding hydrogens is 434 g/mol. The van der Waals surface area contributed by atoms with Gasteiger partial charge in [-0.3, -0.25) is 4.79 Å². The van der Waals surface area contributed by atoms with Gasteiger partial charge >= 0.3 is 0 Å². The third-order valence-corrected chi connectivity index (χ3v) is 8.49. The number of benzene rings is 2. The lowest BCUT2D eigenvalue weighted by Gasteiger charge is -2.37. The van der Waals surface area contributed by atoms with Crippen molar-refractivity contribution in [3.8, 4) is 0 Å². The minimum Gasteiger partial charge on any atom is -0.351 e. The molecule has 2 atom stereocenters. The van der Waals surface area contributed by atoms with Crippen LogP contribution in [0, 0.1) is 5.92 Å². The maximum absolute atomic E-state index is 13.5. The van der Waals surface area contributed by atoms with E-state index in [-0.39, 0.29) is 23.3 Å². The maximum Gasteiger partial charge on any atom is 0.243 e. The van der Waals surface area contributed by atoms with Crippen molar-refractivity contribution in [3.05, 3.63) is 65.2 Å². The van der Waals surface area contributed by atoms with Crippen molar-refractivity contribution < 1.29 is 13.2 Å². The van der Waals surface area contributed by atoms with E-state index in [4.69, 9.17) is 5.73 Å². The predicted molar refractivity (Wildman–Crippen MR) is 132 cm³/mol. The second-order valence-electron chi connectivity index (χ2n) is 9.60. The Morgan fingerprint density at radius 1 is 1.00 bits per heavy atom. The number of hydrogen-bond acceptors (Lipinski definition) is 4. The van der Waals surface area contributed by atoms with E-state index >= 15 is 0 Å². The highest BCUT2D eigenvalue weighted by Gasteiger charge is 2.40. The third-order valence-electron chi connectivity index (χ3n) is 6.56. The number of amides is 1. The van der Waals surface area contributed by atoms with Crippen LogP contribution in [-0.2, 0) is 21.4 Å². The lowest BCUT2D eigenvalue weighted by atomic mass is 9.92. The first-order chi connectivity index (χ1) is 15.6. The van der Waals surface area contributed by atoms with Crippen molar-refractivity contribution in [1.82, 2.24) is 9.62 Å². The molecule has 1 aliphatic heterocycles. The largest absolute Gasteiger partial charge is 0.351 e. The van der Waals surface area contributed by atoms with Crippen LogP contribution in [0.3, 0.4) is 0 Å². The third kappa shape index (κ3) is 6.02. The molecule has 1 fully saturated rings. The van der Waals surface area contributed by atoms with E-state index in [1.807, 2.05) is 24.3 Å². The molecule has 0 unspecified atom stereocenters. The highest BCUT2D eigenvalue weighted by molar-refractivity contribution is 7.89. The molecule has 0 aliphatic carbocycles. The molecule has 1 aliphatic rings. The number of carbonyl (C=O) groups is 1. The molecule has 1 saturated heterocycles. The topological polar surface area (TPSA) is 92.5 Å². The van der Waals surface area contributed by atoms with Gasteiger partial charge in [-0.1, -0.05) is 64.1 Å². The van der Waals surface area contributed by atoms with Gasteiger partial charge in [-0.2, -0.15) is 4.31 Å². The van der Waals surface area contributed by atoms with Crippen LogP contribution in [0.1, 0.15) is 69.1 Å². The molecule has 2 aromatic rings. The predicted octanol–water partition coefficient (Wildman–Crippen LogP) is 3.98. The summed E-state index contributed by atoms with van der Waals surface area (Å²) >= 11 is 0. The maximum atomic E-state index is 13.5. The Morgan fingerprint density at radius 3 is 2.06 bits per heavy atom. The van der Waals surface area contributed by atoms with Crippen LogP contribution < -0.4 is 11.1 Å². The number of sulfonamides is 1. The summed E-state index contributed by atoms with van der Waals surface area (Å²) in [5.41, 5.74) is 9.18. The van der Waals surface area contributed by atoms with E-state index in [2.05, 4.69) is 45.1 Å². The monoisotopic (exact) mass is 471 g/mol. The molecule has 0 bridgehead atoms. The Kier molecular flexibility index (Phi) is 8.32. The molecule has 0 aromatic heterocycles. The number of nitrogens with two attached hydrogens (primary N) is 1. The molecule has 1 amide bonds. The summed E-state index contributed by atoms with van der Waals surface area (Å²) < 4.78 is 28.3. The summed E-state index contributed by atoms with van der Waals surface area (Å²) in [6.45, 7) is 9.50. The molecule has 0 radical (unpaired) electrons. The summed E-state index contributed by atoms with van der Waals surface area (Å²) in [6.07, 6.45) is 1.08. The molecule has 180 valence electrons. The minimum atomic E-state index is -3.80. The Hall–Kier alpha value is -2.22. The number of nitrogens with one attached hydrogen (secondary N) is 1. The van der Waals surface area contributed by atoms with Gasteiger partial charge < -0.3 is 11.1 Å². The van der Waals surface area contributed by atoms with Gasteiger partial charge in [-0.05, 0) is 66.0 Å². The SMILES string of the molecule is CC(C)c1ccc(CNC(=O)[C@H]2C[C@H](CN)CCN2S(=O)(=O)c2ccc(C(C)C)cc2)cc1. The zero-order chi connectivity index (χ0) is 24.2. The normalized spacial score (nSPS) is 19.7. The fourth-order valence-electron chi connectivity index (χ4n) is 4.24. The van der Waals surface area contributed by atoms with E-state index in [1.54, 1.807) is 12.1 Å². The van der Waals surface area contributed by atoms with Crippen molar-refractivity contribution in [2.75, 3.05) is 13.1 Å². The zero-order valence-electron chi connectivity index (χ0n) is 20.1. The van der Waals surface area contributed by atoms with Gasteiger partial charge in [-0.25, -0.2) is 8.42 Å². The first-order valence-electron chi connectivity index (χ1n) is 11.8. The number of rotatable bonds is 8. The average molecular weight is 472 g/mol. The molecule has 6 nitrogen and oxygen atoms in total. The first kappa shape index (κ1) is 25.4. The van der Waals surface area contributed by atoms with Gasteiger partial charge in [0.2, 0.25) is 15.9 Å². The smallest absolute Gasteiger partial charge is 0.243 e. The van der Waals surface area contributed by atoms with Gasteiger partial charge in [0.05, 0.1) is 4.90 Å². The van der Waals surface area contributed by atoms with Crippen LogP contribution in [0.4, 0.5) is 0 Å². The van der Waals surface area contributed by atoms with Crippen molar-refractivity contribution in [2.45, 2.75) is 69.9 Å². The molecule has 0 spiro atoms. The van der Waals surface area contributed by atoms with Crippen molar-refractivity contribution in [3.63, 3.8) is 0 Å². The Balaban J connectivity index is 1.77. The van der Waals surface area contributed by atoms with Gasteiger partial charge in [0.1, 0.15) is 6.04 Å². The van der Waals surface area contributed by atoms with Crippen LogP contribution in [0.5, 0.6) is 0 Å². The zero-order valence-corrected chi connectivity index (χ0v) is 20.9. The Bertz CT molecular complexity index is 1030. The van der Waals surface area contributed by atoms with Crippen LogP contribution in [-0.4, -0.2) is 37.8 Å². The fourth-order valence-corrected chi connectivity index (χ4v) is 5.86. The van der Waals surface area contributed by atoms with Crippen LogP contribution in [0.2, 0.25) is 0 Å². The quantitative estimate of drug-likeness (QED) is 0.609. The number of nitrogens with zero attached hydrogens (tertiary/aromatic N) is 1. The molecule has 3 N–H and O–H groups in total. The summed E-state index contributed by atoms with van der Waals surface area (Å²) in [4.78, 5) is 13.4.